The van der Waals surface area contributed by atoms with Gasteiger partial charge in [0.1, 0.15) is 17.9 Å². The van der Waals surface area contributed by atoms with Crippen molar-refractivity contribution in [2.75, 3.05) is 13.2 Å². The van der Waals surface area contributed by atoms with Gasteiger partial charge in [0.25, 0.3) is 5.91 Å². The highest BCUT2D eigenvalue weighted by Crippen LogP contribution is 2.30. The second kappa shape index (κ2) is 7.11. The Kier molecular flexibility index (Phi) is 5.05. The minimum atomic E-state index is -1.07. The van der Waals surface area contributed by atoms with E-state index in [-0.39, 0.29) is 19.1 Å². The fraction of sp³-hybridized carbons (Fsp3) is 0.300. The number of nitrogens with one attached hydrogen (secondary N) is 1. The number of ether oxygens (including phenoxy) is 1. The number of urea groups is 1. The third-order valence-electron chi connectivity index (χ3n) is 4.46. The molecule has 2 aromatic carbocycles. The fourth-order valence-corrected chi connectivity index (χ4v) is 3.57. The summed E-state index contributed by atoms with van der Waals surface area (Å²) in [5.74, 6) is 0.467. The smallest absolute Gasteiger partial charge is 0.325 e. The predicted octanol–water partition coefficient (Wildman–Crippen LogP) is 3.91. The number of nitrogens with zero attached hydrogens (tertiary/aromatic N) is 1. The van der Waals surface area contributed by atoms with Crippen LogP contribution in [0.15, 0.2) is 46.9 Å². The molecule has 3 amide bonds. The van der Waals surface area contributed by atoms with Gasteiger partial charge in [0, 0.05) is 4.47 Å². The molecule has 2 aromatic rings. The first-order chi connectivity index (χ1) is 12.3. The third-order valence-corrected chi connectivity index (χ3v) is 4.95. The van der Waals surface area contributed by atoms with Crippen molar-refractivity contribution in [3.05, 3.63) is 63.6 Å². The van der Waals surface area contributed by atoms with E-state index in [1.165, 1.54) is 4.90 Å². The molecule has 1 aliphatic heterocycles. The number of hydrogen-bond donors (Lipinski definition) is 1. The summed E-state index contributed by atoms with van der Waals surface area (Å²) >= 11 is 3.41. The highest BCUT2D eigenvalue weighted by Gasteiger charge is 2.48. The van der Waals surface area contributed by atoms with Gasteiger partial charge in [0.2, 0.25) is 0 Å². The molecule has 1 fully saturated rings. The number of amides is 3. The van der Waals surface area contributed by atoms with E-state index in [2.05, 4.69) is 27.3 Å². The number of carbonyl (C=O) groups is 2. The van der Waals surface area contributed by atoms with Gasteiger partial charge in [0.15, 0.2) is 0 Å². The number of halogens is 1. The largest absolute Gasteiger partial charge is 0.492 e. The molecule has 1 aliphatic rings. The first-order valence-electron chi connectivity index (χ1n) is 8.41. The SMILES string of the molecule is Cc1cc(C)cc(OCCN2C(=O)NC(C)(c3cccc(Br)c3)C2=O)c1. The van der Waals surface area contributed by atoms with E-state index >= 15 is 0 Å². The van der Waals surface area contributed by atoms with Crippen molar-refractivity contribution in [2.45, 2.75) is 26.3 Å². The monoisotopic (exact) mass is 416 g/mol. The van der Waals surface area contributed by atoms with Crippen LogP contribution >= 0.6 is 15.9 Å². The fourth-order valence-electron chi connectivity index (χ4n) is 3.17. The van der Waals surface area contributed by atoms with Gasteiger partial charge in [-0.05, 0) is 61.7 Å². The van der Waals surface area contributed by atoms with E-state index in [9.17, 15) is 9.59 Å². The van der Waals surface area contributed by atoms with E-state index in [0.717, 1.165) is 26.9 Å². The van der Waals surface area contributed by atoms with Crippen LogP contribution in [0.2, 0.25) is 0 Å². The normalized spacial score (nSPS) is 19.6. The molecular formula is C20H21BrN2O3. The number of carbonyl (C=O) groups excluding carboxylic acids is 2. The average molecular weight is 417 g/mol. The minimum Gasteiger partial charge on any atom is -0.492 e. The zero-order valence-electron chi connectivity index (χ0n) is 15.0. The Balaban J connectivity index is 1.69. The van der Waals surface area contributed by atoms with Crippen LogP contribution in [0, 0.1) is 13.8 Å². The number of rotatable bonds is 5. The Morgan fingerprint density at radius 2 is 1.81 bits per heavy atom. The van der Waals surface area contributed by atoms with Crippen molar-refractivity contribution < 1.29 is 14.3 Å². The van der Waals surface area contributed by atoms with Crippen LogP contribution in [-0.4, -0.2) is 30.0 Å². The Morgan fingerprint density at radius 1 is 1.12 bits per heavy atom. The molecule has 0 aromatic heterocycles. The zero-order chi connectivity index (χ0) is 18.9. The molecule has 1 heterocycles. The molecular weight excluding hydrogens is 396 g/mol. The van der Waals surface area contributed by atoms with E-state index in [4.69, 9.17) is 4.74 Å². The molecule has 0 radical (unpaired) electrons. The maximum absolute atomic E-state index is 12.9. The lowest BCUT2D eigenvalue weighted by molar-refractivity contribution is -0.131. The van der Waals surface area contributed by atoms with Crippen LogP contribution in [0.4, 0.5) is 4.79 Å². The van der Waals surface area contributed by atoms with Gasteiger partial charge in [-0.25, -0.2) is 4.79 Å². The highest BCUT2D eigenvalue weighted by atomic mass is 79.9. The summed E-state index contributed by atoms with van der Waals surface area (Å²) < 4.78 is 6.59. The lowest BCUT2D eigenvalue weighted by Gasteiger charge is -2.22. The maximum Gasteiger partial charge on any atom is 0.325 e. The quantitative estimate of drug-likeness (QED) is 0.751. The first kappa shape index (κ1) is 18.5. The second-order valence-corrected chi connectivity index (χ2v) is 7.61. The minimum absolute atomic E-state index is 0.196. The highest BCUT2D eigenvalue weighted by molar-refractivity contribution is 9.10. The predicted molar refractivity (Wildman–Crippen MR) is 103 cm³/mol. The molecule has 0 bridgehead atoms. The van der Waals surface area contributed by atoms with Crippen molar-refractivity contribution in [1.82, 2.24) is 10.2 Å². The molecule has 136 valence electrons. The van der Waals surface area contributed by atoms with Gasteiger partial charge >= 0.3 is 6.03 Å². The zero-order valence-corrected chi connectivity index (χ0v) is 16.6. The summed E-state index contributed by atoms with van der Waals surface area (Å²) in [6.07, 6.45) is 0. The topological polar surface area (TPSA) is 58.6 Å². The van der Waals surface area contributed by atoms with Gasteiger partial charge in [-0.1, -0.05) is 34.1 Å². The molecule has 0 saturated carbocycles. The van der Waals surface area contributed by atoms with Gasteiger partial charge < -0.3 is 10.1 Å². The van der Waals surface area contributed by atoms with Crippen molar-refractivity contribution >= 4 is 27.9 Å². The first-order valence-corrected chi connectivity index (χ1v) is 9.20. The summed E-state index contributed by atoms with van der Waals surface area (Å²) in [4.78, 5) is 26.4. The molecule has 6 heteroatoms. The summed E-state index contributed by atoms with van der Waals surface area (Å²) in [6.45, 7) is 6.17. The Bertz CT molecular complexity index is 848. The molecule has 1 N–H and O–H groups in total. The molecule has 1 atom stereocenters. The van der Waals surface area contributed by atoms with E-state index < -0.39 is 11.6 Å². The maximum atomic E-state index is 12.9. The lowest BCUT2D eigenvalue weighted by Crippen LogP contribution is -2.41. The van der Waals surface area contributed by atoms with Crippen LogP contribution in [0.3, 0.4) is 0 Å². The van der Waals surface area contributed by atoms with Gasteiger partial charge in [-0.2, -0.15) is 0 Å². The number of aryl methyl sites for hydroxylation is 2. The second-order valence-electron chi connectivity index (χ2n) is 6.69. The lowest BCUT2D eigenvalue weighted by atomic mass is 9.92. The van der Waals surface area contributed by atoms with E-state index in [1.54, 1.807) is 6.92 Å². The van der Waals surface area contributed by atoms with Crippen LogP contribution in [-0.2, 0) is 10.3 Å². The van der Waals surface area contributed by atoms with Crippen molar-refractivity contribution in [1.29, 1.82) is 0 Å². The van der Waals surface area contributed by atoms with Crippen LogP contribution < -0.4 is 10.1 Å². The molecule has 0 aliphatic carbocycles. The van der Waals surface area contributed by atoms with E-state index in [1.807, 2.05) is 50.2 Å². The summed E-state index contributed by atoms with van der Waals surface area (Å²) in [5.41, 5.74) is 1.89. The van der Waals surface area contributed by atoms with Crippen LogP contribution in [0.25, 0.3) is 0 Å². The van der Waals surface area contributed by atoms with Crippen molar-refractivity contribution in [3.8, 4) is 5.75 Å². The molecule has 26 heavy (non-hydrogen) atoms. The Hall–Kier alpha value is -2.34. The van der Waals surface area contributed by atoms with Crippen LogP contribution in [0.5, 0.6) is 5.75 Å². The molecule has 5 nitrogen and oxygen atoms in total. The summed E-state index contributed by atoms with van der Waals surface area (Å²) in [5, 5.41) is 2.80. The molecule has 1 unspecified atom stereocenters. The number of imide groups is 1. The summed E-state index contributed by atoms with van der Waals surface area (Å²) in [6, 6.07) is 12.9. The molecule has 1 saturated heterocycles. The summed E-state index contributed by atoms with van der Waals surface area (Å²) in [7, 11) is 0. The molecule has 0 spiro atoms. The Labute approximate surface area is 161 Å². The van der Waals surface area contributed by atoms with Gasteiger partial charge in [0.05, 0.1) is 6.54 Å². The third kappa shape index (κ3) is 3.60. The van der Waals surface area contributed by atoms with Crippen LogP contribution in [0.1, 0.15) is 23.6 Å². The molecule has 3 rings (SSSR count). The van der Waals surface area contributed by atoms with Crippen molar-refractivity contribution in [2.24, 2.45) is 0 Å². The average Bonchev–Trinajstić information content (AvgIpc) is 2.78. The number of hydrogen-bond acceptors (Lipinski definition) is 3. The van der Waals surface area contributed by atoms with Gasteiger partial charge in [-0.3, -0.25) is 9.69 Å². The van der Waals surface area contributed by atoms with E-state index in [0.29, 0.717) is 0 Å². The number of benzene rings is 2. The van der Waals surface area contributed by atoms with Crippen molar-refractivity contribution in [3.63, 3.8) is 0 Å². The Morgan fingerprint density at radius 3 is 2.46 bits per heavy atom. The standard InChI is InChI=1S/C20H21BrN2O3/c1-13-9-14(2)11-17(10-13)26-8-7-23-18(24)20(3,22-19(23)25)15-5-4-6-16(21)12-15/h4-6,9-12H,7-8H2,1-3H3,(H,22,25). The van der Waals surface area contributed by atoms with Gasteiger partial charge in [-0.15, -0.1) is 0 Å².